The van der Waals surface area contributed by atoms with Crippen molar-refractivity contribution in [3.8, 4) is 5.75 Å². The summed E-state index contributed by atoms with van der Waals surface area (Å²) in [7, 11) is 1.64. The molecule has 1 atom stereocenters. The van der Waals surface area contributed by atoms with Crippen LogP contribution in [-0.2, 0) is 4.79 Å². The molecule has 0 radical (unpaired) electrons. The molecule has 2 aromatic rings. The number of thioether (sulfide) groups is 1. The number of aromatic nitrogens is 2. The van der Waals surface area contributed by atoms with E-state index in [1.54, 1.807) is 7.11 Å². The number of hydrogen-bond acceptors (Lipinski definition) is 7. The van der Waals surface area contributed by atoms with E-state index < -0.39 is 0 Å². The summed E-state index contributed by atoms with van der Waals surface area (Å²) in [4.78, 5) is 14.6. The molecule has 1 saturated heterocycles. The van der Waals surface area contributed by atoms with E-state index in [2.05, 4.69) is 22.4 Å². The van der Waals surface area contributed by atoms with Crippen molar-refractivity contribution in [3.05, 3.63) is 24.3 Å². The maximum atomic E-state index is 12.5. The fourth-order valence-corrected chi connectivity index (χ4v) is 4.76. The minimum absolute atomic E-state index is 0.207. The van der Waals surface area contributed by atoms with Crippen LogP contribution in [0.2, 0.25) is 0 Å². The Morgan fingerprint density at radius 1 is 1.42 bits per heavy atom. The van der Waals surface area contributed by atoms with Crippen LogP contribution in [0.5, 0.6) is 5.75 Å². The average Bonchev–Trinajstić information content (AvgIpc) is 3.13. The molecule has 1 aromatic heterocycles. The van der Waals surface area contributed by atoms with Crippen molar-refractivity contribution >= 4 is 39.8 Å². The van der Waals surface area contributed by atoms with E-state index in [0.717, 1.165) is 41.6 Å². The molecule has 0 unspecified atom stereocenters. The highest BCUT2D eigenvalue weighted by molar-refractivity contribution is 8.01. The maximum Gasteiger partial charge on any atom is 0.233 e. The molecular weight excluding hydrogens is 368 g/mol. The van der Waals surface area contributed by atoms with Crippen molar-refractivity contribution in [1.82, 2.24) is 15.1 Å². The normalized spacial score (nSPS) is 17.2. The van der Waals surface area contributed by atoms with E-state index in [0.29, 0.717) is 16.9 Å². The third-order valence-corrected chi connectivity index (χ3v) is 6.42. The van der Waals surface area contributed by atoms with Crippen LogP contribution in [0.1, 0.15) is 32.6 Å². The van der Waals surface area contributed by atoms with Crippen molar-refractivity contribution in [1.29, 1.82) is 0 Å². The Labute approximate surface area is 162 Å². The summed E-state index contributed by atoms with van der Waals surface area (Å²) in [5.74, 6) is 1.41. The molecule has 3 rings (SSSR count). The number of carbonyl (C=O) groups excluding carboxylic acids is 1. The van der Waals surface area contributed by atoms with Crippen LogP contribution in [0, 0.1) is 0 Å². The molecule has 1 N–H and O–H groups in total. The van der Waals surface area contributed by atoms with Crippen molar-refractivity contribution < 1.29 is 9.53 Å². The molecule has 1 aliphatic rings. The molecule has 26 heavy (non-hydrogen) atoms. The monoisotopic (exact) mass is 392 g/mol. The first-order chi connectivity index (χ1) is 12.7. The van der Waals surface area contributed by atoms with Gasteiger partial charge in [0.1, 0.15) is 5.75 Å². The average molecular weight is 393 g/mol. The Balaban J connectivity index is 1.54. The molecule has 1 aliphatic heterocycles. The lowest BCUT2D eigenvalue weighted by atomic mass is 10.0. The largest absolute Gasteiger partial charge is 0.497 e. The molecule has 2 heterocycles. The predicted octanol–water partition coefficient (Wildman–Crippen LogP) is 4.17. The van der Waals surface area contributed by atoms with Crippen LogP contribution in [0.25, 0.3) is 0 Å². The van der Waals surface area contributed by atoms with Gasteiger partial charge in [0.2, 0.25) is 11.0 Å². The Morgan fingerprint density at radius 3 is 3.12 bits per heavy atom. The highest BCUT2D eigenvalue weighted by atomic mass is 32.2. The van der Waals surface area contributed by atoms with Crippen LogP contribution in [0.4, 0.5) is 10.8 Å². The second kappa shape index (κ2) is 9.23. The highest BCUT2D eigenvalue weighted by Crippen LogP contribution is 2.29. The molecular formula is C18H24N4O2S2. The van der Waals surface area contributed by atoms with Gasteiger partial charge in [-0.25, -0.2) is 0 Å². The Bertz CT molecular complexity index is 737. The van der Waals surface area contributed by atoms with Crippen LogP contribution in [-0.4, -0.2) is 46.5 Å². The van der Waals surface area contributed by atoms with Gasteiger partial charge in [-0.05, 0) is 37.8 Å². The number of methoxy groups -OCH3 is 1. The second-order valence-corrected chi connectivity index (χ2v) is 8.36. The van der Waals surface area contributed by atoms with Crippen molar-refractivity contribution in [2.45, 2.75) is 43.0 Å². The van der Waals surface area contributed by atoms with E-state index in [-0.39, 0.29) is 5.91 Å². The number of benzene rings is 1. The first-order valence-electron chi connectivity index (χ1n) is 8.86. The molecule has 0 bridgehead atoms. The number of carbonyl (C=O) groups is 1. The van der Waals surface area contributed by atoms with Gasteiger partial charge in [0.15, 0.2) is 4.34 Å². The zero-order chi connectivity index (χ0) is 18.4. The van der Waals surface area contributed by atoms with E-state index in [9.17, 15) is 4.79 Å². The van der Waals surface area contributed by atoms with Crippen LogP contribution >= 0.6 is 23.1 Å². The minimum Gasteiger partial charge on any atom is -0.497 e. The fourth-order valence-electron chi connectivity index (χ4n) is 3.10. The Kier molecular flexibility index (Phi) is 6.73. The number of amides is 1. The van der Waals surface area contributed by atoms with E-state index in [4.69, 9.17) is 4.74 Å². The van der Waals surface area contributed by atoms with Gasteiger partial charge in [0.05, 0.1) is 12.9 Å². The molecule has 0 spiro atoms. The van der Waals surface area contributed by atoms with Gasteiger partial charge in [-0.15, -0.1) is 10.2 Å². The van der Waals surface area contributed by atoms with Gasteiger partial charge in [-0.2, -0.15) is 0 Å². The molecule has 140 valence electrons. The van der Waals surface area contributed by atoms with Gasteiger partial charge in [0.25, 0.3) is 0 Å². The third-order valence-electron chi connectivity index (χ3n) is 4.47. The fraction of sp³-hybridized carbons (Fsp3) is 0.500. The maximum absolute atomic E-state index is 12.5. The number of hydrogen-bond donors (Lipinski definition) is 1. The molecule has 0 saturated carbocycles. The first-order valence-corrected chi connectivity index (χ1v) is 10.7. The lowest BCUT2D eigenvalue weighted by Crippen LogP contribution is -2.44. The topological polar surface area (TPSA) is 67.4 Å². The van der Waals surface area contributed by atoms with Gasteiger partial charge < -0.3 is 15.0 Å². The zero-order valence-corrected chi connectivity index (χ0v) is 16.7. The lowest BCUT2D eigenvalue weighted by molar-refractivity contribution is -0.132. The van der Waals surface area contributed by atoms with Crippen LogP contribution < -0.4 is 10.1 Å². The van der Waals surface area contributed by atoms with Gasteiger partial charge >= 0.3 is 0 Å². The summed E-state index contributed by atoms with van der Waals surface area (Å²) in [6, 6.07) is 8.05. The standard InChI is InChI=1S/C18H24N4O2S2/c1-3-14-8-4-5-10-22(14)16(23)12-25-18-21-20-17(26-18)19-13-7-6-9-15(11-13)24-2/h6-7,9,11,14H,3-5,8,10,12H2,1-2H3,(H,19,20)/t14-/m1/s1. The SMILES string of the molecule is CC[C@@H]1CCCCN1C(=O)CSc1nnc(Nc2cccc(OC)c2)s1. The lowest BCUT2D eigenvalue weighted by Gasteiger charge is -2.35. The summed E-state index contributed by atoms with van der Waals surface area (Å²) >= 11 is 2.92. The Morgan fingerprint density at radius 2 is 2.31 bits per heavy atom. The van der Waals surface area contributed by atoms with Crippen molar-refractivity contribution in [2.75, 3.05) is 24.7 Å². The number of piperidine rings is 1. The molecule has 1 amide bonds. The zero-order valence-electron chi connectivity index (χ0n) is 15.1. The first kappa shape index (κ1) is 19.0. The van der Waals surface area contributed by atoms with E-state index >= 15 is 0 Å². The van der Waals surface area contributed by atoms with Crippen molar-refractivity contribution in [3.63, 3.8) is 0 Å². The van der Waals surface area contributed by atoms with Crippen LogP contribution in [0.15, 0.2) is 28.6 Å². The number of nitrogens with zero attached hydrogens (tertiary/aromatic N) is 3. The van der Waals surface area contributed by atoms with E-state index in [1.165, 1.54) is 29.5 Å². The molecule has 6 nitrogen and oxygen atoms in total. The predicted molar refractivity (Wildman–Crippen MR) is 107 cm³/mol. The second-order valence-electron chi connectivity index (χ2n) is 6.16. The molecule has 1 aromatic carbocycles. The number of anilines is 2. The summed E-state index contributed by atoms with van der Waals surface area (Å²) in [6.07, 6.45) is 4.50. The molecule has 1 fully saturated rings. The Hall–Kier alpha value is -1.80. The summed E-state index contributed by atoms with van der Waals surface area (Å²) < 4.78 is 6.02. The summed E-state index contributed by atoms with van der Waals surface area (Å²) in [5, 5.41) is 12.3. The molecule has 0 aliphatic carbocycles. The number of ether oxygens (including phenoxy) is 1. The van der Waals surface area contributed by atoms with Gasteiger partial charge in [0, 0.05) is 24.3 Å². The smallest absolute Gasteiger partial charge is 0.233 e. The summed E-state index contributed by atoms with van der Waals surface area (Å²) in [5.41, 5.74) is 0.896. The van der Waals surface area contributed by atoms with Gasteiger partial charge in [-0.1, -0.05) is 36.1 Å². The van der Waals surface area contributed by atoms with Crippen LogP contribution in [0.3, 0.4) is 0 Å². The summed E-state index contributed by atoms with van der Waals surface area (Å²) in [6.45, 7) is 3.04. The molecule has 8 heteroatoms. The number of nitrogens with one attached hydrogen (secondary N) is 1. The van der Waals surface area contributed by atoms with Gasteiger partial charge in [-0.3, -0.25) is 4.79 Å². The number of likely N-dealkylation sites (tertiary alicyclic amines) is 1. The minimum atomic E-state index is 0.207. The third kappa shape index (κ3) is 4.88. The number of rotatable bonds is 7. The quantitative estimate of drug-likeness (QED) is 0.713. The van der Waals surface area contributed by atoms with Crippen molar-refractivity contribution in [2.24, 2.45) is 0 Å². The van der Waals surface area contributed by atoms with E-state index in [1.807, 2.05) is 29.2 Å². The highest BCUT2D eigenvalue weighted by Gasteiger charge is 2.25.